The second kappa shape index (κ2) is 4.44. The number of hydrogen-bond acceptors (Lipinski definition) is 6. The summed E-state index contributed by atoms with van der Waals surface area (Å²) in [5.74, 6) is 0.212. The summed E-state index contributed by atoms with van der Waals surface area (Å²) in [6.07, 6.45) is 2.50. The van der Waals surface area contributed by atoms with Crippen molar-refractivity contribution in [3.63, 3.8) is 0 Å². The molecule has 0 aliphatic heterocycles. The van der Waals surface area contributed by atoms with Crippen molar-refractivity contribution in [1.82, 2.24) is 20.0 Å². The van der Waals surface area contributed by atoms with Crippen LogP contribution >= 0.6 is 11.6 Å². The zero-order chi connectivity index (χ0) is 12.4. The Morgan fingerprint density at radius 2 is 2.35 bits per heavy atom. The van der Waals surface area contributed by atoms with E-state index >= 15 is 0 Å². The summed E-state index contributed by atoms with van der Waals surface area (Å²) in [5, 5.41) is 26.7. The minimum Gasteiger partial charge on any atom is -0.390 e. The largest absolute Gasteiger partial charge is 0.390 e. The van der Waals surface area contributed by atoms with Crippen LogP contribution in [0.3, 0.4) is 0 Å². The van der Waals surface area contributed by atoms with Crippen LogP contribution in [-0.2, 0) is 6.61 Å². The fourth-order valence-electron chi connectivity index (χ4n) is 1.16. The molecule has 2 heterocycles. The van der Waals surface area contributed by atoms with Gasteiger partial charge in [-0.25, -0.2) is 9.67 Å². The third kappa shape index (κ3) is 2.22. The van der Waals surface area contributed by atoms with Gasteiger partial charge in [0.05, 0.1) is 22.7 Å². The molecule has 2 rings (SSSR count). The number of aromatic nitrogens is 4. The maximum absolute atomic E-state index is 10.5. The van der Waals surface area contributed by atoms with Gasteiger partial charge in [-0.05, 0) is 0 Å². The van der Waals surface area contributed by atoms with Crippen molar-refractivity contribution in [2.75, 3.05) is 0 Å². The molecule has 17 heavy (non-hydrogen) atoms. The molecule has 88 valence electrons. The van der Waals surface area contributed by atoms with Gasteiger partial charge in [0.1, 0.15) is 11.9 Å². The Morgan fingerprint density at radius 1 is 1.59 bits per heavy atom. The van der Waals surface area contributed by atoms with E-state index in [4.69, 9.17) is 16.7 Å². The third-order valence-corrected chi connectivity index (χ3v) is 2.22. The van der Waals surface area contributed by atoms with Crippen molar-refractivity contribution >= 4 is 17.3 Å². The van der Waals surface area contributed by atoms with Crippen molar-refractivity contribution in [2.45, 2.75) is 6.61 Å². The molecule has 0 saturated carbocycles. The van der Waals surface area contributed by atoms with Crippen LogP contribution in [0.1, 0.15) is 5.69 Å². The zero-order valence-corrected chi connectivity index (χ0v) is 9.07. The second-order valence-corrected chi connectivity index (χ2v) is 3.48. The van der Waals surface area contributed by atoms with Gasteiger partial charge in [0.2, 0.25) is 0 Å². The molecule has 1 N–H and O–H groups in total. The molecule has 0 aliphatic rings. The summed E-state index contributed by atoms with van der Waals surface area (Å²) in [6, 6.07) is 1.17. The normalized spacial score (nSPS) is 10.5. The molecule has 9 heteroatoms. The van der Waals surface area contributed by atoms with Crippen LogP contribution in [0.5, 0.6) is 0 Å². The summed E-state index contributed by atoms with van der Waals surface area (Å²) in [4.78, 5) is 13.7. The fourth-order valence-corrected chi connectivity index (χ4v) is 1.41. The smallest absolute Gasteiger partial charge is 0.289 e. The number of aliphatic hydroxyl groups is 1. The summed E-state index contributed by atoms with van der Waals surface area (Å²) in [7, 11) is 0. The highest BCUT2D eigenvalue weighted by Gasteiger charge is 2.13. The summed E-state index contributed by atoms with van der Waals surface area (Å²) >= 11 is 5.84. The number of pyridine rings is 1. The van der Waals surface area contributed by atoms with E-state index < -0.39 is 4.92 Å². The lowest BCUT2D eigenvalue weighted by Crippen LogP contribution is -2.00. The molecule has 0 unspecified atom stereocenters. The van der Waals surface area contributed by atoms with Crippen LogP contribution in [0.4, 0.5) is 5.69 Å². The lowest BCUT2D eigenvalue weighted by molar-refractivity contribution is -0.385. The topological polar surface area (TPSA) is 107 Å². The zero-order valence-electron chi connectivity index (χ0n) is 8.32. The van der Waals surface area contributed by atoms with Crippen LogP contribution < -0.4 is 0 Å². The van der Waals surface area contributed by atoms with Crippen molar-refractivity contribution in [3.05, 3.63) is 39.3 Å². The number of nitro groups is 1. The minimum atomic E-state index is -0.594. The van der Waals surface area contributed by atoms with Crippen LogP contribution in [-0.4, -0.2) is 30.0 Å². The van der Waals surface area contributed by atoms with Gasteiger partial charge in [-0.15, -0.1) is 5.10 Å². The highest BCUT2D eigenvalue weighted by atomic mass is 35.5. The lowest BCUT2D eigenvalue weighted by Gasteiger charge is -2.00. The molecule has 0 spiro atoms. The molecule has 0 radical (unpaired) electrons. The molecule has 0 aromatic carbocycles. The molecule has 0 aliphatic carbocycles. The van der Waals surface area contributed by atoms with E-state index in [1.54, 1.807) is 0 Å². The average molecular weight is 256 g/mol. The van der Waals surface area contributed by atoms with E-state index in [0.717, 1.165) is 6.20 Å². The Kier molecular flexibility index (Phi) is 2.98. The number of aliphatic hydroxyl groups excluding tert-OH is 1. The highest BCUT2D eigenvalue weighted by molar-refractivity contribution is 6.32. The molecule has 0 fully saturated rings. The van der Waals surface area contributed by atoms with Gasteiger partial charge in [0.15, 0.2) is 5.82 Å². The highest BCUT2D eigenvalue weighted by Crippen LogP contribution is 2.22. The first-order chi connectivity index (χ1) is 8.11. The Morgan fingerprint density at radius 3 is 2.88 bits per heavy atom. The van der Waals surface area contributed by atoms with E-state index in [2.05, 4.69) is 15.3 Å². The number of nitrogens with zero attached hydrogens (tertiary/aromatic N) is 5. The maximum Gasteiger partial charge on any atom is 0.289 e. The molecule has 2 aromatic rings. The summed E-state index contributed by atoms with van der Waals surface area (Å²) in [6.45, 7) is -0.259. The van der Waals surface area contributed by atoms with E-state index in [-0.39, 0.29) is 23.1 Å². The van der Waals surface area contributed by atoms with Crippen LogP contribution in [0.15, 0.2) is 18.5 Å². The van der Waals surface area contributed by atoms with Crippen LogP contribution in [0.25, 0.3) is 5.82 Å². The van der Waals surface area contributed by atoms with E-state index in [1.807, 2.05) is 0 Å². The predicted molar refractivity (Wildman–Crippen MR) is 56.7 cm³/mol. The van der Waals surface area contributed by atoms with Gasteiger partial charge in [0.25, 0.3) is 5.69 Å². The van der Waals surface area contributed by atoms with Gasteiger partial charge in [-0.3, -0.25) is 10.1 Å². The first-order valence-electron chi connectivity index (χ1n) is 4.44. The van der Waals surface area contributed by atoms with Crippen molar-refractivity contribution in [1.29, 1.82) is 0 Å². The van der Waals surface area contributed by atoms with Crippen LogP contribution in [0.2, 0.25) is 5.02 Å². The summed E-state index contributed by atoms with van der Waals surface area (Å²) < 4.78 is 1.23. The monoisotopic (exact) mass is 255 g/mol. The van der Waals surface area contributed by atoms with E-state index in [9.17, 15) is 10.1 Å². The van der Waals surface area contributed by atoms with Gasteiger partial charge < -0.3 is 5.11 Å². The lowest BCUT2D eigenvalue weighted by atomic mass is 10.4. The second-order valence-electron chi connectivity index (χ2n) is 3.07. The molecular formula is C8H6ClN5O3. The molecule has 0 atom stereocenters. The summed E-state index contributed by atoms with van der Waals surface area (Å²) in [5.41, 5.74) is 0.141. The van der Waals surface area contributed by atoms with E-state index in [1.165, 1.54) is 16.9 Å². The Hall–Kier alpha value is -2.06. The van der Waals surface area contributed by atoms with Gasteiger partial charge in [-0.2, -0.15) is 0 Å². The minimum absolute atomic E-state index is 0.0774. The molecule has 0 saturated heterocycles. The Balaban J connectivity index is 2.42. The first-order valence-corrected chi connectivity index (χ1v) is 4.82. The fraction of sp³-hybridized carbons (Fsp3) is 0.125. The molecular weight excluding hydrogens is 250 g/mol. The molecule has 0 amide bonds. The van der Waals surface area contributed by atoms with Crippen molar-refractivity contribution in [2.24, 2.45) is 0 Å². The first kappa shape index (κ1) is 11.4. The predicted octanol–water partition coefficient (Wildman–Crippen LogP) is 0.716. The van der Waals surface area contributed by atoms with Gasteiger partial charge in [0, 0.05) is 6.07 Å². The number of hydrogen-bond donors (Lipinski definition) is 1. The SMILES string of the molecule is O=[N+]([O-])c1cnc(-n2cc(CO)nn2)c(Cl)c1. The average Bonchev–Trinajstić information content (AvgIpc) is 2.77. The molecule has 2 aromatic heterocycles. The van der Waals surface area contributed by atoms with Crippen molar-refractivity contribution < 1.29 is 10.0 Å². The maximum atomic E-state index is 10.5. The quantitative estimate of drug-likeness (QED) is 0.639. The molecule has 8 nitrogen and oxygen atoms in total. The molecule has 0 bridgehead atoms. The third-order valence-electron chi connectivity index (χ3n) is 1.94. The standard InChI is InChI=1S/C8H6ClN5O3/c9-7-1-6(14(16)17)2-10-8(7)13-3-5(4-15)11-12-13/h1-3,15H,4H2. The van der Waals surface area contributed by atoms with Gasteiger partial charge in [-0.1, -0.05) is 16.8 Å². The van der Waals surface area contributed by atoms with Crippen molar-refractivity contribution in [3.8, 4) is 5.82 Å². The van der Waals surface area contributed by atoms with Crippen LogP contribution in [0, 0.1) is 10.1 Å². The van der Waals surface area contributed by atoms with E-state index in [0.29, 0.717) is 5.69 Å². The van der Waals surface area contributed by atoms with Gasteiger partial charge >= 0.3 is 0 Å². The number of rotatable bonds is 3. The Labute approximate surface area is 99.6 Å². The Bertz CT molecular complexity index is 570. The number of halogens is 1.